The molecule has 5 rings (SSSR count). The Morgan fingerprint density at radius 3 is 2.04 bits per heavy atom. The first-order valence-electron chi connectivity index (χ1n) is 15.3. The monoisotopic (exact) mass is 692 g/mol. The number of rotatable bonds is 13. The van der Waals surface area contributed by atoms with Gasteiger partial charge >= 0.3 is 11.9 Å². The average molecular weight is 693 g/mol. The first kappa shape index (κ1) is 35.4. The van der Waals surface area contributed by atoms with Crippen LogP contribution >= 0.6 is 0 Å². The van der Waals surface area contributed by atoms with E-state index in [1.807, 2.05) is 11.9 Å². The predicted molar refractivity (Wildman–Crippen MR) is 183 cm³/mol. The summed E-state index contributed by atoms with van der Waals surface area (Å²) in [5.41, 5.74) is 2.95. The highest BCUT2D eigenvalue weighted by atomic mass is 16.5. The number of phenols is 2. The maximum absolute atomic E-state index is 12.9. The second-order valence-electron chi connectivity index (χ2n) is 10.9. The van der Waals surface area contributed by atoms with Gasteiger partial charge in [0.25, 0.3) is 11.9 Å². The molecule has 17 heteroatoms. The summed E-state index contributed by atoms with van der Waals surface area (Å²) in [7, 11) is 4.27. The van der Waals surface area contributed by atoms with Crippen LogP contribution in [-0.2, 0) is 25.6 Å². The topological polar surface area (TPSA) is 226 Å². The Morgan fingerprint density at radius 1 is 0.804 bits per heavy atom. The van der Waals surface area contributed by atoms with Crippen molar-refractivity contribution in [3.8, 4) is 11.5 Å². The van der Waals surface area contributed by atoms with E-state index < -0.39 is 23.9 Å². The molecule has 0 fully saturated rings. The zero-order chi connectivity index (χ0) is 36.3. The second-order valence-corrected chi connectivity index (χ2v) is 10.9. The van der Waals surface area contributed by atoms with E-state index in [-0.39, 0.29) is 47.3 Å². The van der Waals surface area contributed by atoms with Gasteiger partial charge in [-0.05, 0) is 79.2 Å². The van der Waals surface area contributed by atoms with Gasteiger partial charge in [-0.15, -0.1) is 20.5 Å². The van der Waals surface area contributed by atoms with Crippen molar-refractivity contribution in [2.75, 3.05) is 26.2 Å². The second kappa shape index (κ2) is 16.5. The highest BCUT2D eigenvalue weighted by Crippen LogP contribution is 2.28. The maximum Gasteiger partial charge on any atom is 0.328 e. The molecule has 3 N–H and O–H groups in total. The molecular formula is C34H32N10O7. The first-order chi connectivity index (χ1) is 24.6. The third kappa shape index (κ3) is 9.59. The summed E-state index contributed by atoms with van der Waals surface area (Å²) in [5.74, 6) is -1.50. The number of anilines is 1. The fraction of sp³-hybridized carbons (Fsp3) is 0.206. The number of carbonyl (C=O) groups is 3. The Morgan fingerprint density at radius 2 is 1.43 bits per heavy atom. The number of azo groups is 2. The van der Waals surface area contributed by atoms with E-state index in [4.69, 9.17) is 9.72 Å². The lowest BCUT2D eigenvalue weighted by atomic mass is 10.1. The molecule has 0 bridgehead atoms. The van der Waals surface area contributed by atoms with E-state index in [0.29, 0.717) is 29.2 Å². The van der Waals surface area contributed by atoms with E-state index >= 15 is 0 Å². The van der Waals surface area contributed by atoms with Crippen LogP contribution in [0.3, 0.4) is 0 Å². The molecule has 0 unspecified atom stereocenters. The number of esters is 2. The number of methoxy groups -OCH3 is 2. The van der Waals surface area contributed by atoms with Crippen molar-refractivity contribution >= 4 is 57.8 Å². The number of nitrogens with zero attached hydrogens (tertiary/aromatic N) is 9. The van der Waals surface area contributed by atoms with E-state index in [2.05, 4.69) is 45.5 Å². The van der Waals surface area contributed by atoms with Crippen LogP contribution < -0.4 is 10.2 Å². The highest BCUT2D eigenvalue weighted by Gasteiger charge is 2.23. The van der Waals surface area contributed by atoms with Crippen LogP contribution in [0.2, 0.25) is 0 Å². The number of nitrogens with one attached hydrogen (secondary N) is 1. The van der Waals surface area contributed by atoms with E-state index in [1.165, 1.54) is 38.5 Å². The minimum atomic E-state index is -1.02. The molecule has 5 aromatic rings. The molecule has 2 heterocycles. The van der Waals surface area contributed by atoms with Crippen LogP contribution in [0.1, 0.15) is 28.9 Å². The van der Waals surface area contributed by atoms with Crippen molar-refractivity contribution < 1.29 is 34.1 Å². The van der Waals surface area contributed by atoms with Crippen LogP contribution in [0.4, 0.5) is 28.8 Å². The Balaban J connectivity index is 1.35. The molecule has 3 aromatic carbocycles. The number of benzene rings is 3. The van der Waals surface area contributed by atoms with Gasteiger partial charge in [-0.2, -0.15) is 9.97 Å². The number of amides is 1. The fourth-order valence-corrected chi connectivity index (χ4v) is 4.55. The lowest BCUT2D eigenvalue weighted by Gasteiger charge is -2.20. The van der Waals surface area contributed by atoms with Crippen LogP contribution in [0, 0.1) is 0 Å². The number of phenolic OH excluding ortho intramolecular Hbond substituents is 2. The molecule has 0 aliphatic carbocycles. The van der Waals surface area contributed by atoms with Crippen LogP contribution in [-0.4, -0.2) is 75.3 Å². The Hall–Kier alpha value is -6.91. The van der Waals surface area contributed by atoms with Crippen LogP contribution in [0.25, 0.3) is 11.2 Å². The minimum Gasteiger partial charge on any atom is -0.508 e. The summed E-state index contributed by atoms with van der Waals surface area (Å²) in [6.07, 6.45) is 1.51. The summed E-state index contributed by atoms with van der Waals surface area (Å²) in [5, 5.41) is 38.5. The van der Waals surface area contributed by atoms with Gasteiger partial charge in [-0.1, -0.05) is 0 Å². The molecule has 0 saturated heterocycles. The summed E-state index contributed by atoms with van der Waals surface area (Å²) >= 11 is 0. The lowest BCUT2D eigenvalue weighted by Crippen LogP contribution is -2.41. The summed E-state index contributed by atoms with van der Waals surface area (Å²) in [6.45, 7) is 0.295. The Labute approximate surface area is 290 Å². The van der Waals surface area contributed by atoms with Crippen LogP contribution in [0.15, 0.2) is 99.5 Å². The van der Waals surface area contributed by atoms with Crippen LogP contribution in [0.5, 0.6) is 11.5 Å². The molecule has 0 aliphatic rings. The molecule has 17 nitrogen and oxygen atoms in total. The number of carbonyl (C=O) groups excluding carboxylic acids is 3. The number of aromatic nitrogens is 4. The maximum atomic E-state index is 12.9. The molecule has 0 aliphatic heterocycles. The van der Waals surface area contributed by atoms with E-state index in [1.54, 1.807) is 54.7 Å². The van der Waals surface area contributed by atoms with Gasteiger partial charge in [0.15, 0.2) is 11.2 Å². The van der Waals surface area contributed by atoms with Crippen molar-refractivity contribution in [2.45, 2.75) is 25.4 Å². The van der Waals surface area contributed by atoms with Crippen molar-refractivity contribution in [3.05, 3.63) is 90.3 Å². The van der Waals surface area contributed by atoms with Gasteiger partial charge in [-0.25, -0.2) is 14.8 Å². The molecule has 0 radical (unpaired) electrons. The number of aromatic hydroxyl groups is 2. The lowest BCUT2D eigenvalue weighted by molar-refractivity contribution is -0.144. The number of ether oxygens (including phenoxy) is 2. The fourth-order valence-electron chi connectivity index (χ4n) is 4.55. The van der Waals surface area contributed by atoms with Gasteiger partial charge in [0.1, 0.15) is 17.5 Å². The van der Waals surface area contributed by atoms with Crippen molar-refractivity contribution in [1.29, 1.82) is 0 Å². The van der Waals surface area contributed by atoms with Crippen molar-refractivity contribution in [2.24, 2.45) is 20.5 Å². The van der Waals surface area contributed by atoms with Gasteiger partial charge in [0.2, 0.25) is 5.82 Å². The number of fused-ring (bicyclic) bond motifs is 1. The Kier molecular flexibility index (Phi) is 11.4. The smallest absolute Gasteiger partial charge is 0.328 e. The quantitative estimate of drug-likeness (QED) is 0.102. The van der Waals surface area contributed by atoms with Crippen molar-refractivity contribution in [3.63, 3.8) is 0 Å². The average Bonchev–Trinajstić information content (AvgIpc) is 3.15. The SMILES string of the molecule is COC(=O)CC[C@H](NC(=O)c1ccc(N(C)Cc2cnc3nc(N=Nc4ccc(O)cc4)nc(N=Nc4ccc(O)cc4)c3n2)cc1)C(=O)OC. The summed E-state index contributed by atoms with van der Waals surface area (Å²) in [4.78, 5) is 56.4. The molecule has 1 amide bonds. The standard InChI is InChI=1S/C34H32N10O7/c1-44(24-10-4-20(5-11-24)32(48)37-27(33(49)51-3)16-17-28(47)50-2)19-23-18-35-30-29(36-23)31(42-40-21-6-12-25(45)13-7-21)39-34(38-30)43-41-22-8-14-26(46)15-9-22/h4-15,18,27,45-46H,16-17,19H2,1-3H3,(H,37,48)/t27-/m0/s1. The largest absolute Gasteiger partial charge is 0.508 e. The molecule has 51 heavy (non-hydrogen) atoms. The van der Waals surface area contributed by atoms with Gasteiger partial charge in [0.05, 0.1) is 44.0 Å². The van der Waals surface area contributed by atoms with E-state index in [0.717, 1.165) is 5.69 Å². The van der Waals surface area contributed by atoms with Gasteiger partial charge < -0.3 is 29.9 Å². The van der Waals surface area contributed by atoms with E-state index in [9.17, 15) is 24.6 Å². The molecule has 0 saturated carbocycles. The molecule has 0 spiro atoms. The predicted octanol–water partition coefficient (Wildman–Crippen LogP) is 5.52. The van der Waals surface area contributed by atoms with Crippen molar-refractivity contribution in [1.82, 2.24) is 25.3 Å². The minimum absolute atomic E-state index is 0.0227. The molecule has 2 aromatic heterocycles. The number of hydrogen-bond donors (Lipinski definition) is 3. The zero-order valence-electron chi connectivity index (χ0n) is 27.7. The Bertz CT molecular complexity index is 2070. The molecule has 1 atom stereocenters. The van der Waals surface area contributed by atoms with Gasteiger partial charge in [0, 0.05) is 24.7 Å². The third-order valence-corrected chi connectivity index (χ3v) is 7.27. The number of hydrogen-bond acceptors (Lipinski definition) is 16. The normalized spacial score (nSPS) is 11.8. The third-order valence-electron chi connectivity index (χ3n) is 7.27. The summed E-state index contributed by atoms with van der Waals surface area (Å²) in [6, 6.07) is 17.9. The van der Waals surface area contributed by atoms with Gasteiger partial charge in [-0.3, -0.25) is 9.59 Å². The molecular weight excluding hydrogens is 660 g/mol. The zero-order valence-corrected chi connectivity index (χ0v) is 27.7. The molecule has 260 valence electrons. The summed E-state index contributed by atoms with van der Waals surface area (Å²) < 4.78 is 9.38. The first-order valence-corrected chi connectivity index (χ1v) is 15.3. The highest BCUT2D eigenvalue weighted by molar-refractivity contribution is 5.97.